The highest BCUT2D eigenvalue weighted by atomic mass is 16.4. The lowest BCUT2D eigenvalue weighted by molar-refractivity contribution is 0.100. The lowest BCUT2D eigenvalue weighted by atomic mass is 10.2. The number of primary amides is 1. The highest BCUT2D eigenvalue weighted by Crippen LogP contribution is 2.16. The van der Waals surface area contributed by atoms with E-state index in [1.165, 1.54) is 0 Å². The topological polar surface area (TPSA) is 107 Å². The molecule has 5 N–H and O–H groups in total. The number of hydrogen-bond donors (Lipinski definition) is 3. The number of nitrogens with two attached hydrogens (primary N) is 2. The Kier molecular flexibility index (Phi) is 3.59. The van der Waals surface area contributed by atoms with E-state index in [0.717, 1.165) is 11.4 Å². The van der Waals surface area contributed by atoms with Gasteiger partial charge in [-0.05, 0) is 30.8 Å². The Bertz CT molecular complexity index is 533. The number of aromatic nitrogens is 1. The fourth-order valence-electron chi connectivity index (χ4n) is 1.47. The van der Waals surface area contributed by atoms with E-state index in [2.05, 4.69) is 10.3 Å². The van der Waals surface area contributed by atoms with E-state index in [4.69, 9.17) is 15.9 Å². The number of carbonyl (C=O) groups excluding carboxylic acids is 1. The Morgan fingerprint density at radius 2 is 2.06 bits per heavy atom. The molecule has 0 aliphatic rings. The van der Waals surface area contributed by atoms with E-state index in [9.17, 15) is 4.79 Å². The van der Waals surface area contributed by atoms with Crippen molar-refractivity contribution in [2.75, 3.05) is 11.9 Å². The molecule has 18 heavy (non-hydrogen) atoms. The van der Waals surface area contributed by atoms with Crippen LogP contribution in [0.15, 0.2) is 34.9 Å². The summed E-state index contributed by atoms with van der Waals surface area (Å²) >= 11 is 0. The predicted octanol–water partition coefficient (Wildman–Crippen LogP) is 1.02. The number of anilines is 2. The molecule has 0 aliphatic carbocycles. The molecule has 2 aromatic rings. The molecule has 0 radical (unpaired) electrons. The van der Waals surface area contributed by atoms with Crippen molar-refractivity contribution >= 4 is 17.6 Å². The summed E-state index contributed by atoms with van der Waals surface area (Å²) in [5.74, 6) is -0.456. The quantitative estimate of drug-likeness (QED) is 0.730. The van der Waals surface area contributed by atoms with Crippen molar-refractivity contribution in [3.8, 4) is 0 Å². The Labute approximate surface area is 104 Å². The molecule has 0 fully saturated rings. The average Bonchev–Trinajstić information content (AvgIpc) is 2.78. The highest BCUT2D eigenvalue weighted by Gasteiger charge is 2.04. The summed E-state index contributed by atoms with van der Waals surface area (Å²) in [6.07, 6.45) is 2.23. The van der Waals surface area contributed by atoms with Gasteiger partial charge in [-0.25, -0.2) is 0 Å². The smallest absolute Gasteiger partial charge is 0.299 e. The molecule has 0 aliphatic heterocycles. The van der Waals surface area contributed by atoms with Crippen molar-refractivity contribution in [2.24, 2.45) is 11.5 Å². The molecule has 1 amide bonds. The zero-order valence-electron chi connectivity index (χ0n) is 9.72. The first-order chi connectivity index (χ1) is 8.69. The lowest BCUT2D eigenvalue weighted by Crippen LogP contribution is -2.10. The van der Waals surface area contributed by atoms with E-state index >= 15 is 0 Å². The second-order valence-corrected chi connectivity index (χ2v) is 3.75. The highest BCUT2D eigenvalue weighted by molar-refractivity contribution is 5.93. The summed E-state index contributed by atoms with van der Waals surface area (Å²) in [6.45, 7) is 0.527. The van der Waals surface area contributed by atoms with Gasteiger partial charge in [-0.3, -0.25) is 4.79 Å². The summed E-state index contributed by atoms with van der Waals surface area (Å²) in [6, 6.07) is 7.12. The largest absolute Gasteiger partial charge is 0.432 e. The van der Waals surface area contributed by atoms with Gasteiger partial charge in [0.05, 0.1) is 5.69 Å². The number of carbonyl (C=O) groups is 1. The monoisotopic (exact) mass is 246 g/mol. The summed E-state index contributed by atoms with van der Waals surface area (Å²) in [4.78, 5) is 15.1. The van der Waals surface area contributed by atoms with Crippen LogP contribution >= 0.6 is 0 Å². The van der Waals surface area contributed by atoms with Crippen LogP contribution in [0.25, 0.3) is 0 Å². The van der Waals surface area contributed by atoms with Gasteiger partial charge in [0.15, 0.2) is 0 Å². The molecule has 94 valence electrons. The Hall–Kier alpha value is -2.34. The van der Waals surface area contributed by atoms with Gasteiger partial charge in [0.2, 0.25) is 5.91 Å². The molecule has 1 heterocycles. The number of oxazole rings is 1. The summed E-state index contributed by atoms with van der Waals surface area (Å²) in [5, 5.41) is 2.98. The number of benzene rings is 1. The normalized spacial score (nSPS) is 10.3. The van der Waals surface area contributed by atoms with E-state index in [1.807, 2.05) is 0 Å². The third-order valence-electron chi connectivity index (χ3n) is 2.37. The molecule has 0 bridgehead atoms. The summed E-state index contributed by atoms with van der Waals surface area (Å²) in [5.41, 5.74) is 12.6. The number of rotatable bonds is 5. The van der Waals surface area contributed by atoms with Crippen LogP contribution in [-0.4, -0.2) is 17.4 Å². The molecule has 0 saturated heterocycles. The standard InChI is InChI=1S/C12H14N4O2/c13-6-5-10-7-18-12(16-10)15-9-3-1-8(2-4-9)11(14)17/h1-4,7H,5-6,13H2,(H2,14,17)(H,15,16). The van der Waals surface area contributed by atoms with Gasteiger partial charge in [-0.1, -0.05) is 0 Å². The molecule has 0 spiro atoms. The Balaban J connectivity index is 2.06. The van der Waals surface area contributed by atoms with Crippen LogP contribution in [0.4, 0.5) is 11.7 Å². The minimum atomic E-state index is -0.456. The number of nitrogens with zero attached hydrogens (tertiary/aromatic N) is 1. The van der Waals surface area contributed by atoms with E-state index < -0.39 is 5.91 Å². The first-order valence-corrected chi connectivity index (χ1v) is 5.50. The van der Waals surface area contributed by atoms with Crippen LogP contribution in [0.2, 0.25) is 0 Å². The summed E-state index contributed by atoms with van der Waals surface area (Å²) < 4.78 is 5.23. The lowest BCUT2D eigenvalue weighted by Gasteiger charge is -2.01. The number of hydrogen-bond acceptors (Lipinski definition) is 5. The van der Waals surface area contributed by atoms with Crippen LogP contribution in [-0.2, 0) is 6.42 Å². The van der Waals surface area contributed by atoms with Gasteiger partial charge < -0.3 is 21.2 Å². The second kappa shape index (κ2) is 5.33. The molecule has 6 heteroatoms. The first-order valence-electron chi connectivity index (χ1n) is 5.50. The van der Waals surface area contributed by atoms with Gasteiger partial charge >= 0.3 is 0 Å². The average molecular weight is 246 g/mol. The van der Waals surface area contributed by atoms with Gasteiger partial charge in [-0.15, -0.1) is 0 Å². The summed E-state index contributed by atoms with van der Waals surface area (Å²) in [7, 11) is 0. The number of amides is 1. The second-order valence-electron chi connectivity index (χ2n) is 3.75. The maximum absolute atomic E-state index is 10.9. The Morgan fingerprint density at radius 1 is 1.33 bits per heavy atom. The maximum Gasteiger partial charge on any atom is 0.299 e. The third-order valence-corrected chi connectivity index (χ3v) is 2.37. The zero-order chi connectivity index (χ0) is 13.0. The Morgan fingerprint density at radius 3 is 2.67 bits per heavy atom. The molecular weight excluding hydrogens is 232 g/mol. The zero-order valence-corrected chi connectivity index (χ0v) is 9.72. The van der Waals surface area contributed by atoms with Gasteiger partial charge in [-0.2, -0.15) is 4.98 Å². The molecule has 6 nitrogen and oxygen atoms in total. The van der Waals surface area contributed by atoms with Gasteiger partial charge in [0.1, 0.15) is 6.26 Å². The fraction of sp³-hybridized carbons (Fsp3) is 0.167. The van der Waals surface area contributed by atoms with E-state index in [1.54, 1.807) is 30.5 Å². The third kappa shape index (κ3) is 2.86. The van der Waals surface area contributed by atoms with Crippen LogP contribution in [0.5, 0.6) is 0 Å². The van der Waals surface area contributed by atoms with Crippen molar-refractivity contribution in [3.63, 3.8) is 0 Å². The molecule has 0 atom stereocenters. The van der Waals surface area contributed by atoms with Crippen molar-refractivity contribution in [2.45, 2.75) is 6.42 Å². The molecule has 1 aromatic carbocycles. The predicted molar refractivity (Wildman–Crippen MR) is 67.5 cm³/mol. The molecule has 0 unspecified atom stereocenters. The molecular formula is C12H14N4O2. The van der Waals surface area contributed by atoms with Crippen molar-refractivity contribution < 1.29 is 9.21 Å². The fourth-order valence-corrected chi connectivity index (χ4v) is 1.47. The van der Waals surface area contributed by atoms with Crippen molar-refractivity contribution in [3.05, 3.63) is 41.8 Å². The first kappa shape index (κ1) is 12.1. The SMILES string of the molecule is NCCc1coc(Nc2ccc(C(N)=O)cc2)n1. The van der Waals surface area contributed by atoms with Crippen molar-refractivity contribution in [1.29, 1.82) is 0 Å². The molecule has 0 saturated carbocycles. The minimum Gasteiger partial charge on any atom is -0.432 e. The van der Waals surface area contributed by atoms with Crippen molar-refractivity contribution in [1.82, 2.24) is 4.98 Å². The van der Waals surface area contributed by atoms with Crippen LogP contribution in [0, 0.1) is 0 Å². The van der Waals surface area contributed by atoms with Crippen LogP contribution in [0.3, 0.4) is 0 Å². The molecule has 1 aromatic heterocycles. The maximum atomic E-state index is 10.9. The van der Waals surface area contributed by atoms with Crippen LogP contribution < -0.4 is 16.8 Å². The van der Waals surface area contributed by atoms with E-state index in [-0.39, 0.29) is 0 Å². The van der Waals surface area contributed by atoms with E-state index in [0.29, 0.717) is 24.5 Å². The number of nitrogens with one attached hydrogen (secondary N) is 1. The van der Waals surface area contributed by atoms with Gasteiger partial charge in [0.25, 0.3) is 6.01 Å². The molecule has 2 rings (SSSR count). The minimum absolute atomic E-state index is 0.394. The van der Waals surface area contributed by atoms with Crippen LogP contribution in [0.1, 0.15) is 16.1 Å². The van der Waals surface area contributed by atoms with Gasteiger partial charge in [0, 0.05) is 17.7 Å².